The average Bonchev–Trinajstić information content (AvgIpc) is 0.899. The normalized spacial score (nSPS) is 14.5. The molecular formula is C103H176O16P2. The summed E-state index contributed by atoms with van der Waals surface area (Å²) >= 11 is 0. The molecule has 0 aliphatic carbocycles. The van der Waals surface area contributed by atoms with Crippen molar-refractivity contribution in [3.05, 3.63) is 170 Å². The van der Waals surface area contributed by atoms with Crippen molar-refractivity contribution in [1.29, 1.82) is 0 Å². The van der Waals surface area contributed by atoms with Gasteiger partial charge in [-0.2, -0.15) is 0 Å². The molecule has 0 spiro atoms. The summed E-state index contributed by atoms with van der Waals surface area (Å²) in [6, 6.07) is 0. The van der Waals surface area contributed by atoms with Gasteiger partial charge in [-0.15, -0.1) is 0 Å². The zero-order valence-electron chi connectivity index (χ0n) is 76.6. The maximum atomic E-state index is 13.1. The number of aliphatic hydroxyl groups excluding tert-OH is 2. The molecule has 18 heteroatoms. The summed E-state index contributed by atoms with van der Waals surface area (Å²) < 4.78 is 61.6. The first kappa shape index (κ1) is 116. The van der Waals surface area contributed by atoms with E-state index >= 15 is 0 Å². The fraction of sp³-hybridized carbons (Fsp3) is 0.699. The van der Waals surface area contributed by atoms with Crippen LogP contribution in [0.1, 0.15) is 406 Å². The van der Waals surface area contributed by atoms with Crippen molar-refractivity contribution in [3.8, 4) is 0 Å². The minimum Gasteiger partial charge on any atom is -0.463 e. The highest BCUT2D eigenvalue weighted by Gasteiger charge is 2.30. The van der Waals surface area contributed by atoms with Gasteiger partial charge in [-0.3, -0.25) is 32.5 Å². The second-order valence-electron chi connectivity index (χ2n) is 32.1. The Hall–Kier alpha value is -5.09. The lowest BCUT2D eigenvalue weighted by Gasteiger charge is -2.21. The first-order chi connectivity index (χ1) is 59.2. The quantitative estimate of drug-likeness (QED) is 0.0146. The van der Waals surface area contributed by atoms with Gasteiger partial charge in [0.1, 0.15) is 25.4 Å². The number of hydrogen-bond donors (Lipinski definition) is 4. The Balaban J connectivity index is 4.60. The van der Waals surface area contributed by atoms with E-state index in [1.807, 2.05) is 0 Å². The number of carbonyl (C=O) groups excluding carboxylic acids is 3. The van der Waals surface area contributed by atoms with E-state index in [1.165, 1.54) is 173 Å². The van der Waals surface area contributed by atoms with E-state index in [9.17, 15) is 43.5 Å². The van der Waals surface area contributed by atoms with E-state index in [4.69, 9.17) is 32.3 Å². The number of hydrogen-bond acceptors (Lipinski definition) is 14. The Morgan fingerprint density at radius 3 is 0.694 bits per heavy atom. The number of allylic oxidation sites excluding steroid dienone is 28. The highest BCUT2D eigenvalue weighted by Crippen LogP contribution is 2.45. The number of aliphatic hydroxyl groups is 2. The lowest BCUT2D eigenvalue weighted by molar-refractivity contribution is -0.161. The standard InChI is InChI=1S/C103H176O16P2/c1-4-7-10-13-16-19-22-25-28-31-34-37-40-42-44-46-47-48-49-51-53-54-57-59-62-65-68-71-74-77-80-83-86-89-101(106)113-92-98(104)93-115-120(109,110)116-94-99(105)95-117-121(111,112)118-97-100(119-103(108)91-88-85-82-79-76-73-70-67-64-61-56-39-36-33-30-27-24-21-18-15-12-9-6-3)96-114-102(107)90-87-84-81-78-75-72-69-66-63-60-58-55-52-50-45-43-41-38-35-32-29-26-23-20-17-14-11-8-5-2/h8,11,16-21,25-30,34-39,42-45,52,55,61,64,98-100,104-105H,4-7,9-10,12-15,22-24,31-33,40-41,46-51,53-54,56-60,62-63,65-97H2,1-3H3,(H,109,110)(H,111,112)/b11-8-,19-16-,20-17-,21-18-,28-25-,29-26-,30-27-,37-34-,38-35-,39-36-,44-42-,45-43-,55-52-,64-61-. The van der Waals surface area contributed by atoms with Gasteiger partial charge < -0.3 is 34.2 Å². The number of phosphoric ester groups is 2. The van der Waals surface area contributed by atoms with Crippen molar-refractivity contribution in [2.24, 2.45) is 0 Å². The lowest BCUT2D eigenvalue weighted by atomic mass is 10.0. The van der Waals surface area contributed by atoms with Gasteiger partial charge in [0.25, 0.3) is 0 Å². The van der Waals surface area contributed by atoms with Crippen LogP contribution < -0.4 is 0 Å². The Morgan fingerprint density at radius 1 is 0.240 bits per heavy atom. The van der Waals surface area contributed by atoms with E-state index in [0.717, 1.165) is 173 Å². The fourth-order valence-corrected chi connectivity index (χ4v) is 14.7. The fourth-order valence-electron chi connectivity index (χ4n) is 13.1. The maximum Gasteiger partial charge on any atom is 0.472 e. The zero-order chi connectivity index (χ0) is 87.9. The van der Waals surface area contributed by atoms with Crippen LogP contribution >= 0.6 is 15.6 Å². The molecule has 0 aromatic heterocycles. The molecule has 0 aliphatic rings. The van der Waals surface area contributed by atoms with Crippen molar-refractivity contribution in [2.45, 2.75) is 424 Å². The Bertz CT molecular complexity index is 2880. The van der Waals surface area contributed by atoms with Gasteiger partial charge in [0.2, 0.25) is 0 Å². The molecule has 0 saturated carbocycles. The Labute approximate surface area is 739 Å². The third-order valence-corrected chi connectivity index (χ3v) is 22.3. The molecule has 5 unspecified atom stereocenters. The molecule has 121 heavy (non-hydrogen) atoms. The number of esters is 3. The minimum atomic E-state index is -4.95. The predicted molar refractivity (Wildman–Crippen MR) is 509 cm³/mol. The summed E-state index contributed by atoms with van der Waals surface area (Å²) in [7, 11) is -9.82. The summed E-state index contributed by atoms with van der Waals surface area (Å²) in [6.45, 7) is 2.55. The molecule has 0 bridgehead atoms. The largest absolute Gasteiger partial charge is 0.472 e. The molecule has 0 heterocycles. The van der Waals surface area contributed by atoms with Gasteiger partial charge in [-0.1, -0.05) is 396 Å². The van der Waals surface area contributed by atoms with E-state index in [0.29, 0.717) is 19.3 Å². The molecule has 0 aromatic rings. The number of ether oxygens (including phenoxy) is 3. The summed E-state index contributed by atoms with van der Waals surface area (Å²) in [5.41, 5.74) is 0. The average molecular weight is 1730 g/mol. The molecule has 0 amide bonds. The van der Waals surface area contributed by atoms with E-state index < -0.39 is 91.5 Å². The monoisotopic (exact) mass is 1730 g/mol. The van der Waals surface area contributed by atoms with Crippen molar-refractivity contribution < 1.29 is 75.8 Å². The van der Waals surface area contributed by atoms with E-state index in [1.54, 1.807) is 0 Å². The van der Waals surface area contributed by atoms with Gasteiger partial charge >= 0.3 is 33.6 Å². The van der Waals surface area contributed by atoms with Crippen LogP contribution in [-0.4, -0.2) is 95.9 Å². The summed E-state index contributed by atoms with van der Waals surface area (Å²) in [4.78, 5) is 59.1. The highest BCUT2D eigenvalue weighted by atomic mass is 31.2. The zero-order valence-corrected chi connectivity index (χ0v) is 78.4. The van der Waals surface area contributed by atoms with Crippen LogP contribution in [0, 0.1) is 0 Å². The third kappa shape index (κ3) is 95.4. The number of unbranched alkanes of at least 4 members (excludes halogenated alkanes) is 40. The van der Waals surface area contributed by atoms with Gasteiger partial charge in [0.05, 0.1) is 26.4 Å². The molecule has 0 radical (unpaired) electrons. The summed E-state index contributed by atoms with van der Waals surface area (Å²) in [5, 5.41) is 20.8. The molecule has 16 nitrogen and oxygen atoms in total. The van der Waals surface area contributed by atoms with Crippen molar-refractivity contribution in [1.82, 2.24) is 0 Å². The number of carbonyl (C=O) groups is 3. The molecule has 4 N–H and O–H groups in total. The molecule has 0 fully saturated rings. The van der Waals surface area contributed by atoms with Crippen LogP contribution in [0.25, 0.3) is 0 Å². The van der Waals surface area contributed by atoms with Crippen molar-refractivity contribution >= 4 is 33.6 Å². The predicted octanol–water partition coefficient (Wildman–Crippen LogP) is 30.2. The summed E-state index contributed by atoms with van der Waals surface area (Å²) in [5.74, 6) is -1.58. The number of phosphoric acid groups is 2. The second kappa shape index (κ2) is 94.1. The third-order valence-electron chi connectivity index (χ3n) is 20.4. The number of rotatable bonds is 91. The van der Waals surface area contributed by atoms with Gasteiger partial charge in [0.15, 0.2) is 6.10 Å². The van der Waals surface area contributed by atoms with Crippen LogP contribution in [-0.2, 0) is 55.8 Å². The first-order valence-electron chi connectivity index (χ1n) is 48.4. The van der Waals surface area contributed by atoms with Crippen molar-refractivity contribution in [3.63, 3.8) is 0 Å². The van der Waals surface area contributed by atoms with Crippen LogP contribution in [0.4, 0.5) is 0 Å². The smallest absolute Gasteiger partial charge is 0.463 e. The molecule has 0 saturated heterocycles. The molecule has 0 rings (SSSR count). The highest BCUT2D eigenvalue weighted by molar-refractivity contribution is 7.47. The van der Waals surface area contributed by atoms with Crippen molar-refractivity contribution in [2.75, 3.05) is 39.6 Å². The molecular weight excluding hydrogens is 1560 g/mol. The van der Waals surface area contributed by atoms with Crippen LogP contribution in [0.3, 0.4) is 0 Å². The van der Waals surface area contributed by atoms with Crippen LogP contribution in [0.15, 0.2) is 170 Å². The Kier molecular flexibility index (Phi) is 90.1. The SMILES string of the molecule is CC/C=C\C/C=C\C/C=C\C/C=C\C/C=C\C/C=C\CCCCCCCCCCCCC(=O)OCC(COP(=O)(O)OCC(O)COP(=O)(O)OCC(O)COC(=O)CCCCCCCCCCCCCCCCCCC/C=C\C/C=C\C/C=C\C/C=C\CCCCC)OC(=O)CCCCCCCCC/C=C\C/C=C\C/C=C\C/C=C\CCCCC. The first-order valence-corrected chi connectivity index (χ1v) is 51.4. The molecule has 0 aliphatic heterocycles. The summed E-state index contributed by atoms with van der Waals surface area (Å²) in [6.07, 6.45) is 123. The molecule has 694 valence electrons. The lowest BCUT2D eigenvalue weighted by Crippen LogP contribution is -2.30. The minimum absolute atomic E-state index is 0.0869. The topological polar surface area (TPSA) is 231 Å². The van der Waals surface area contributed by atoms with E-state index in [-0.39, 0.29) is 19.3 Å². The molecule has 0 aromatic carbocycles. The van der Waals surface area contributed by atoms with Gasteiger partial charge in [0, 0.05) is 19.3 Å². The second-order valence-corrected chi connectivity index (χ2v) is 35.0. The maximum absolute atomic E-state index is 13.1. The Morgan fingerprint density at radius 2 is 0.438 bits per heavy atom. The molecule has 5 atom stereocenters. The van der Waals surface area contributed by atoms with Crippen LogP contribution in [0.5, 0.6) is 0 Å². The van der Waals surface area contributed by atoms with E-state index in [2.05, 4.69) is 191 Å². The van der Waals surface area contributed by atoms with Crippen LogP contribution in [0.2, 0.25) is 0 Å². The van der Waals surface area contributed by atoms with Gasteiger partial charge in [-0.05, 0) is 161 Å². The van der Waals surface area contributed by atoms with Gasteiger partial charge in [-0.25, -0.2) is 9.13 Å².